The first-order valence-corrected chi connectivity index (χ1v) is 10.4. The number of aryl methyl sites for hydroxylation is 2. The largest absolute Gasteiger partial charge is 0.456 e. The Labute approximate surface area is 169 Å². The van der Waals surface area contributed by atoms with Crippen LogP contribution in [-0.2, 0) is 9.53 Å². The molecule has 2 aromatic carbocycles. The van der Waals surface area contributed by atoms with Crippen molar-refractivity contribution in [3.05, 3.63) is 70.8 Å². The lowest BCUT2D eigenvalue weighted by atomic mass is 10.0. The lowest BCUT2D eigenvalue weighted by molar-refractivity contribution is -0.144. The zero-order valence-electron chi connectivity index (χ0n) is 16.4. The molecule has 2 rings (SSSR count). The second-order valence-electron chi connectivity index (χ2n) is 6.52. The van der Waals surface area contributed by atoms with Crippen LogP contribution in [0.25, 0.3) is 0 Å². The Balaban J connectivity index is 2.00. The highest BCUT2D eigenvalue weighted by Crippen LogP contribution is 2.12. The number of Topliss-reactive ketones (excluding diaryl/α,β-unsaturated/α-hetero) is 1. The van der Waals surface area contributed by atoms with E-state index in [0.29, 0.717) is 23.3 Å². The first-order chi connectivity index (χ1) is 13.4. The molecule has 28 heavy (non-hydrogen) atoms. The van der Waals surface area contributed by atoms with Gasteiger partial charge in [0.2, 0.25) is 5.78 Å². The average molecular weight is 400 g/mol. The van der Waals surface area contributed by atoms with Gasteiger partial charge in [0.15, 0.2) is 6.61 Å². The Morgan fingerprint density at radius 3 is 2.43 bits per heavy atom. The molecule has 1 N–H and O–H groups in total. The maximum atomic E-state index is 12.5. The summed E-state index contributed by atoms with van der Waals surface area (Å²) in [6.07, 6.45) is 2.35. The van der Waals surface area contributed by atoms with E-state index in [4.69, 9.17) is 4.74 Å². The summed E-state index contributed by atoms with van der Waals surface area (Å²) in [5.74, 6) is -0.524. The molecule has 0 spiro atoms. The van der Waals surface area contributed by atoms with E-state index in [1.54, 1.807) is 42.1 Å². The second-order valence-corrected chi connectivity index (χ2v) is 7.51. The smallest absolute Gasteiger partial charge is 0.329 e. The molecule has 0 saturated heterocycles. The van der Waals surface area contributed by atoms with Crippen LogP contribution in [0, 0.1) is 13.8 Å². The molecular formula is C22H25NO4S. The van der Waals surface area contributed by atoms with Crippen molar-refractivity contribution in [2.45, 2.75) is 26.3 Å². The van der Waals surface area contributed by atoms with Crippen molar-refractivity contribution in [1.29, 1.82) is 0 Å². The summed E-state index contributed by atoms with van der Waals surface area (Å²) in [5.41, 5.74) is 2.91. The lowest BCUT2D eigenvalue weighted by Crippen LogP contribution is -2.42. The first-order valence-electron chi connectivity index (χ1n) is 9.04. The van der Waals surface area contributed by atoms with Gasteiger partial charge in [-0.2, -0.15) is 11.8 Å². The molecule has 148 valence electrons. The van der Waals surface area contributed by atoms with Crippen LogP contribution in [0.1, 0.15) is 38.3 Å². The van der Waals surface area contributed by atoms with Gasteiger partial charge < -0.3 is 10.1 Å². The van der Waals surface area contributed by atoms with Gasteiger partial charge in [-0.3, -0.25) is 9.59 Å². The van der Waals surface area contributed by atoms with Gasteiger partial charge in [-0.05, 0) is 50.0 Å². The van der Waals surface area contributed by atoms with Crippen LogP contribution in [0.4, 0.5) is 0 Å². The van der Waals surface area contributed by atoms with Crippen LogP contribution in [0.15, 0.2) is 48.5 Å². The number of hydrogen-bond acceptors (Lipinski definition) is 5. The predicted molar refractivity (Wildman–Crippen MR) is 112 cm³/mol. The lowest BCUT2D eigenvalue weighted by Gasteiger charge is -2.17. The van der Waals surface area contributed by atoms with E-state index >= 15 is 0 Å². The fourth-order valence-corrected chi connectivity index (χ4v) is 3.23. The maximum absolute atomic E-state index is 12.5. The number of esters is 1. The van der Waals surface area contributed by atoms with E-state index in [0.717, 1.165) is 11.1 Å². The van der Waals surface area contributed by atoms with Gasteiger partial charge in [0.1, 0.15) is 6.04 Å². The molecule has 0 unspecified atom stereocenters. The molecule has 0 heterocycles. The molecule has 0 bridgehead atoms. The van der Waals surface area contributed by atoms with E-state index in [1.165, 1.54) is 0 Å². The SMILES string of the molecule is CSCC[C@H](NC(=O)c1ccccc1)C(=O)OCC(=O)c1ccc(C)cc1C. The summed E-state index contributed by atoms with van der Waals surface area (Å²) in [6.45, 7) is 3.45. The van der Waals surface area contributed by atoms with E-state index in [2.05, 4.69) is 5.32 Å². The number of carbonyl (C=O) groups excluding carboxylic acids is 3. The van der Waals surface area contributed by atoms with Gasteiger partial charge in [0.25, 0.3) is 5.91 Å². The normalized spacial score (nSPS) is 11.5. The Morgan fingerprint density at radius 2 is 1.79 bits per heavy atom. The minimum atomic E-state index is -0.799. The Bertz CT molecular complexity index is 836. The Kier molecular flexibility index (Phi) is 8.26. The van der Waals surface area contributed by atoms with Crippen molar-refractivity contribution < 1.29 is 19.1 Å². The van der Waals surface area contributed by atoms with Crippen LogP contribution < -0.4 is 5.32 Å². The zero-order valence-corrected chi connectivity index (χ0v) is 17.2. The molecule has 0 aliphatic rings. The van der Waals surface area contributed by atoms with Crippen LogP contribution in [0.3, 0.4) is 0 Å². The highest BCUT2D eigenvalue weighted by molar-refractivity contribution is 7.98. The van der Waals surface area contributed by atoms with Crippen LogP contribution in [0.2, 0.25) is 0 Å². The Hall–Kier alpha value is -2.60. The van der Waals surface area contributed by atoms with Gasteiger partial charge in [-0.1, -0.05) is 42.0 Å². The minimum absolute atomic E-state index is 0.260. The summed E-state index contributed by atoms with van der Waals surface area (Å²) in [7, 11) is 0. The third-order valence-corrected chi connectivity index (χ3v) is 4.91. The molecule has 0 aliphatic carbocycles. The highest BCUT2D eigenvalue weighted by Gasteiger charge is 2.23. The molecule has 5 nitrogen and oxygen atoms in total. The highest BCUT2D eigenvalue weighted by atomic mass is 32.2. The molecule has 0 radical (unpaired) electrons. The van der Waals surface area contributed by atoms with Gasteiger partial charge in [0, 0.05) is 11.1 Å². The van der Waals surface area contributed by atoms with Gasteiger partial charge in [-0.25, -0.2) is 4.79 Å². The standard InChI is InChI=1S/C22H25NO4S/c1-15-9-10-18(16(2)13-15)20(24)14-27-22(26)19(11-12-28-3)23-21(25)17-7-5-4-6-8-17/h4-10,13,19H,11-12,14H2,1-3H3,(H,23,25)/t19-/m0/s1. The number of ether oxygens (including phenoxy) is 1. The van der Waals surface area contributed by atoms with Crippen LogP contribution in [0.5, 0.6) is 0 Å². The summed E-state index contributed by atoms with van der Waals surface area (Å²) in [5, 5.41) is 2.71. The zero-order chi connectivity index (χ0) is 20.5. The summed E-state index contributed by atoms with van der Waals surface area (Å²) in [6, 6.07) is 13.4. The fourth-order valence-electron chi connectivity index (χ4n) is 2.76. The quantitative estimate of drug-likeness (QED) is 0.515. The molecule has 6 heteroatoms. The molecule has 0 saturated carbocycles. The number of thioether (sulfide) groups is 1. The Morgan fingerprint density at radius 1 is 1.07 bits per heavy atom. The first kappa shape index (κ1) is 21.7. The topological polar surface area (TPSA) is 72.5 Å². The van der Waals surface area contributed by atoms with Crippen molar-refractivity contribution in [2.75, 3.05) is 18.6 Å². The molecule has 1 atom stereocenters. The van der Waals surface area contributed by atoms with Gasteiger partial charge >= 0.3 is 5.97 Å². The van der Waals surface area contributed by atoms with E-state index < -0.39 is 12.0 Å². The van der Waals surface area contributed by atoms with Crippen molar-refractivity contribution in [3.8, 4) is 0 Å². The average Bonchev–Trinajstić information content (AvgIpc) is 2.69. The summed E-state index contributed by atoms with van der Waals surface area (Å²) < 4.78 is 5.23. The molecule has 2 aromatic rings. The molecular weight excluding hydrogens is 374 g/mol. The maximum Gasteiger partial charge on any atom is 0.329 e. The number of nitrogens with one attached hydrogen (secondary N) is 1. The van der Waals surface area contributed by atoms with Gasteiger partial charge in [0.05, 0.1) is 0 Å². The number of rotatable bonds is 9. The molecule has 0 aromatic heterocycles. The fraction of sp³-hybridized carbons (Fsp3) is 0.318. The number of hydrogen-bond donors (Lipinski definition) is 1. The molecule has 1 amide bonds. The van der Waals surface area contributed by atoms with Crippen molar-refractivity contribution >= 4 is 29.4 Å². The number of amides is 1. The van der Waals surface area contributed by atoms with Gasteiger partial charge in [-0.15, -0.1) is 0 Å². The van der Waals surface area contributed by atoms with E-state index in [-0.39, 0.29) is 18.3 Å². The number of ketones is 1. The predicted octanol–water partition coefficient (Wildman–Crippen LogP) is 3.58. The minimum Gasteiger partial charge on any atom is -0.456 e. The third kappa shape index (κ3) is 6.23. The van der Waals surface area contributed by atoms with E-state index in [1.807, 2.05) is 38.3 Å². The molecule has 0 fully saturated rings. The summed E-state index contributed by atoms with van der Waals surface area (Å²) in [4.78, 5) is 37.3. The van der Waals surface area contributed by atoms with Crippen LogP contribution in [-0.4, -0.2) is 42.3 Å². The monoisotopic (exact) mass is 399 g/mol. The molecule has 0 aliphatic heterocycles. The number of benzene rings is 2. The van der Waals surface area contributed by atoms with Crippen molar-refractivity contribution in [2.24, 2.45) is 0 Å². The van der Waals surface area contributed by atoms with Crippen molar-refractivity contribution in [1.82, 2.24) is 5.32 Å². The summed E-state index contributed by atoms with van der Waals surface area (Å²) >= 11 is 1.57. The van der Waals surface area contributed by atoms with Crippen LogP contribution >= 0.6 is 11.8 Å². The third-order valence-electron chi connectivity index (χ3n) is 4.26. The number of carbonyl (C=O) groups is 3. The van der Waals surface area contributed by atoms with Crippen molar-refractivity contribution in [3.63, 3.8) is 0 Å². The second kappa shape index (κ2) is 10.7. The van der Waals surface area contributed by atoms with E-state index in [9.17, 15) is 14.4 Å².